The Morgan fingerprint density at radius 1 is 1.33 bits per heavy atom. The lowest BCUT2D eigenvalue weighted by Gasteiger charge is -2.06. The molecule has 2 aromatic heterocycles. The zero-order valence-corrected chi connectivity index (χ0v) is 12.0. The van der Waals surface area contributed by atoms with E-state index >= 15 is 0 Å². The average molecular weight is 323 g/mol. The number of thiophene rings is 1. The van der Waals surface area contributed by atoms with Crippen LogP contribution in [-0.4, -0.2) is 15.1 Å². The number of halogens is 2. The lowest BCUT2D eigenvalue weighted by Crippen LogP contribution is -2.12. The Balaban J connectivity index is 2.18. The van der Waals surface area contributed by atoms with E-state index in [4.69, 9.17) is 11.6 Å². The van der Waals surface area contributed by atoms with Crippen LogP contribution >= 0.6 is 22.9 Å². The van der Waals surface area contributed by atoms with E-state index in [0.29, 0.717) is 9.90 Å². The molecule has 0 aliphatic heterocycles. The summed E-state index contributed by atoms with van der Waals surface area (Å²) in [5, 5.41) is 12.2. The Kier molecular flexibility index (Phi) is 3.48. The predicted molar refractivity (Wildman–Crippen MR) is 80.2 cm³/mol. The van der Waals surface area contributed by atoms with Crippen LogP contribution in [0.4, 0.5) is 4.39 Å². The topological polar surface area (TPSA) is 66.0 Å². The van der Waals surface area contributed by atoms with Gasteiger partial charge in [0.25, 0.3) is 5.56 Å². The quantitative estimate of drug-likeness (QED) is 0.756. The number of aromatic nitrogens is 2. The number of H-pyrrole nitrogens is 1. The van der Waals surface area contributed by atoms with E-state index in [1.54, 1.807) is 17.5 Å². The molecule has 0 aliphatic carbocycles. The van der Waals surface area contributed by atoms with Gasteiger partial charge >= 0.3 is 0 Å². The molecular formula is C14H8ClFN2O2S. The van der Waals surface area contributed by atoms with E-state index in [9.17, 15) is 14.3 Å². The molecule has 0 aliphatic rings. The van der Waals surface area contributed by atoms with Gasteiger partial charge in [0.1, 0.15) is 11.4 Å². The molecule has 0 atom stereocenters. The first-order valence-electron chi connectivity index (χ1n) is 5.89. The van der Waals surface area contributed by atoms with Crippen LogP contribution in [0.1, 0.15) is 0 Å². The normalized spacial score (nSPS) is 10.8. The van der Waals surface area contributed by atoms with Crippen molar-refractivity contribution in [3.63, 3.8) is 0 Å². The van der Waals surface area contributed by atoms with E-state index in [2.05, 4.69) is 9.97 Å². The third-order valence-electron chi connectivity index (χ3n) is 2.84. The Bertz CT molecular complexity index is 875. The van der Waals surface area contributed by atoms with Crippen molar-refractivity contribution in [1.82, 2.24) is 9.97 Å². The van der Waals surface area contributed by atoms with Gasteiger partial charge in [-0.3, -0.25) is 4.79 Å². The molecule has 0 fully saturated rings. The van der Waals surface area contributed by atoms with Crippen LogP contribution in [0.15, 0.2) is 40.5 Å². The monoisotopic (exact) mass is 322 g/mol. The molecule has 0 radical (unpaired) electrons. The smallest absolute Gasteiger partial charge is 0.263 e. The van der Waals surface area contributed by atoms with Gasteiger partial charge in [0.05, 0.1) is 9.90 Å². The fourth-order valence-electron chi connectivity index (χ4n) is 1.92. The van der Waals surface area contributed by atoms with Crippen LogP contribution in [0.2, 0.25) is 5.02 Å². The minimum Gasteiger partial charge on any atom is -0.493 e. The van der Waals surface area contributed by atoms with Crippen LogP contribution in [0.3, 0.4) is 0 Å². The van der Waals surface area contributed by atoms with E-state index in [-0.39, 0.29) is 17.0 Å². The molecule has 106 valence electrons. The fraction of sp³-hybridized carbons (Fsp3) is 0. The largest absolute Gasteiger partial charge is 0.493 e. The number of nitrogens with one attached hydrogen (secondary N) is 1. The van der Waals surface area contributed by atoms with Crippen LogP contribution in [-0.2, 0) is 0 Å². The molecule has 0 saturated carbocycles. The molecule has 2 heterocycles. The highest BCUT2D eigenvalue weighted by Crippen LogP contribution is 2.30. The van der Waals surface area contributed by atoms with Crippen LogP contribution in [0, 0.1) is 5.82 Å². The summed E-state index contributed by atoms with van der Waals surface area (Å²) in [6, 6.07) is 7.31. The van der Waals surface area contributed by atoms with Crippen LogP contribution in [0.25, 0.3) is 21.8 Å². The van der Waals surface area contributed by atoms with Gasteiger partial charge in [-0.05, 0) is 12.1 Å². The molecule has 4 nitrogen and oxygen atoms in total. The van der Waals surface area contributed by atoms with Crippen molar-refractivity contribution in [2.45, 2.75) is 0 Å². The van der Waals surface area contributed by atoms with Crippen molar-refractivity contribution in [3.8, 4) is 27.7 Å². The molecular weight excluding hydrogens is 315 g/mol. The highest BCUT2D eigenvalue weighted by molar-refractivity contribution is 7.14. The highest BCUT2D eigenvalue weighted by atomic mass is 35.5. The second kappa shape index (κ2) is 5.31. The molecule has 3 aromatic rings. The summed E-state index contributed by atoms with van der Waals surface area (Å²) < 4.78 is 13.8. The minimum absolute atomic E-state index is 0.000452. The second-order valence-corrected chi connectivity index (χ2v) is 5.57. The van der Waals surface area contributed by atoms with Gasteiger partial charge in [-0.2, -0.15) is 4.98 Å². The maximum atomic E-state index is 13.8. The van der Waals surface area contributed by atoms with E-state index in [1.165, 1.54) is 29.5 Å². The first kappa shape index (κ1) is 13.8. The van der Waals surface area contributed by atoms with Crippen LogP contribution in [0.5, 0.6) is 5.88 Å². The van der Waals surface area contributed by atoms with Crippen molar-refractivity contribution in [3.05, 3.63) is 56.9 Å². The summed E-state index contributed by atoms with van der Waals surface area (Å²) in [5.41, 5.74) is -0.814. The van der Waals surface area contributed by atoms with Gasteiger partial charge in [-0.1, -0.05) is 29.8 Å². The van der Waals surface area contributed by atoms with E-state index < -0.39 is 17.3 Å². The number of nitrogens with zero attached hydrogens (tertiary/aromatic N) is 1. The van der Waals surface area contributed by atoms with Crippen molar-refractivity contribution >= 4 is 22.9 Å². The lowest BCUT2D eigenvalue weighted by atomic mass is 10.1. The van der Waals surface area contributed by atoms with Gasteiger partial charge < -0.3 is 10.1 Å². The molecule has 0 unspecified atom stereocenters. The third-order valence-corrected chi connectivity index (χ3v) is 4.13. The zero-order valence-electron chi connectivity index (χ0n) is 10.4. The van der Waals surface area contributed by atoms with Gasteiger partial charge in [0.15, 0.2) is 5.82 Å². The van der Waals surface area contributed by atoms with E-state index in [0.717, 1.165) is 0 Å². The number of aromatic amines is 1. The number of aromatic hydroxyl groups is 1. The summed E-state index contributed by atoms with van der Waals surface area (Å²) >= 11 is 7.09. The summed E-state index contributed by atoms with van der Waals surface area (Å²) in [4.78, 5) is 19.2. The second-order valence-electron chi connectivity index (χ2n) is 4.22. The number of hydrogen-bond acceptors (Lipinski definition) is 4. The number of benzene rings is 1. The SMILES string of the molecule is O=c1[nH]c(-c2cc(Cl)cs2)nc(O)c1-c1ccccc1F. The van der Waals surface area contributed by atoms with Crippen molar-refractivity contribution in [2.24, 2.45) is 0 Å². The van der Waals surface area contributed by atoms with Gasteiger partial charge in [0.2, 0.25) is 5.88 Å². The van der Waals surface area contributed by atoms with Gasteiger partial charge in [-0.15, -0.1) is 11.3 Å². The van der Waals surface area contributed by atoms with Gasteiger partial charge in [0, 0.05) is 10.9 Å². The minimum atomic E-state index is -0.618. The van der Waals surface area contributed by atoms with Crippen molar-refractivity contribution in [2.75, 3.05) is 0 Å². The average Bonchev–Trinajstić information content (AvgIpc) is 2.87. The standard InChI is InChI=1S/C14H8ClFN2O2S/c15-7-5-10(21-6-7)12-17-13(19)11(14(20)18-12)8-3-1-2-4-9(8)16/h1-6H,(H2,17,18,19,20). The molecule has 2 N–H and O–H groups in total. The molecule has 1 aromatic carbocycles. The molecule has 21 heavy (non-hydrogen) atoms. The molecule has 3 rings (SSSR count). The van der Waals surface area contributed by atoms with Crippen molar-refractivity contribution in [1.29, 1.82) is 0 Å². The first-order chi connectivity index (χ1) is 10.1. The lowest BCUT2D eigenvalue weighted by molar-refractivity contribution is 0.453. The summed E-state index contributed by atoms with van der Waals surface area (Å²) in [7, 11) is 0. The van der Waals surface area contributed by atoms with Crippen molar-refractivity contribution < 1.29 is 9.50 Å². The molecule has 7 heteroatoms. The molecule has 0 saturated heterocycles. The highest BCUT2D eigenvalue weighted by Gasteiger charge is 2.17. The number of rotatable bonds is 2. The number of hydrogen-bond donors (Lipinski definition) is 2. The summed E-state index contributed by atoms with van der Waals surface area (Å²) in [6.07, 6.45) is 0. The third kappa shape index (κ3) is 2.55. The summed E-state index contributed by atoms with van der Waals surface area (Å²) in [6.45, 7) is 0. The Labute approximate surface area is 127 Å². The molecule has 0 spiro atoms. The van der Waals surface area contributed by atoms with E-state index in [1.807, 2.05) is 0 Å². The molecule has 0 bridgehead atoms. The maximum Gasteiger partial charge on any atom is 0.263 e. The summed E-state index contributed by atoms with van der Waals surface area (Å²) in [5.74, 6) is -0.940. The van der Waals surface area contributed by atoms with Gasteiger partial charge in [-0.25, -0.2) is 4.39 Å². The molecule has 0 amide bonds. The Morgan fingerprint density at radius 2 is 2.10 bits per heavy atom. The predicted octanol–water partition coefficient (Wildman–Crippen LogP) is 3.66. The fourth-order valence-corrected chi connectivity index (χ4v) is 2.94. The Morgan fingerprint density at radius 3 is 2.71 bits per heavy atom. The first-order valence-corrected chi connectivity index (χ1v) is 7.14. The Hall–Kier alpha value is -2.18. The zero-order chi connectivity index (χ0) is 15.0. The maximum absolute atomic E-state index is 13.8. The van der Waals surface area contributed by atoms with Crippen LogP contribution < -0.4 is 5.56 Å².